The molecule has 2 aliphatic heterocycles. The van der Waals surface area contributed by atoms with Crippen LogP contribution in [-0.4, -0.2) is 75.8 Å². The van der Waals surface area contributed by atoms with Crippen LogP contribution in [0.2, 0.25) is 0 Å². The molecule has 2 aliphatic rings. The van der Waals surface area contributed by atoms with Gasteiger partial charge < -0.3 is 15.5 Å². The van der Waals surface area contributed by atoms with E-state index < -0.39 is 0 Å². The van der Waals surface area contributed by atoms with Crippen molar-refractivity contribution in [3.05, 3.63) is 30.1 Å². The van der Waals surface area contributed by atoms with E-state index in [1.807, 2.05) is 29.2 Å². The number of carbonyl (C=O) groups excluding carboxylic acids is 2. The Morgan fingerprint density at radius 1 is 1.00 bits per heavy atom. The highest BCUT2D eigenvalue weighted by molar-refractivity contribution is 5.87. The molecule has 29 heavy (non-hydrogen) atoms. The van der Waals surface area contributed by atoms with Gasteiger partial charge in [0.25, 0.3) is 0 Å². The summed E-state index contributed by atoms with van der Waals surface area (Å²) in [7, 11) is 0. The van der Waals surface area contributed by atoms with Gasteiger partial charge in [-0.05, 0) is 25.0 Å². The van der Waals surface area contributed by atoms with Crippen molar-refractivity contribution in [2.75, 3.05) is 45.0 Å². The maximum Gasteiger partial charge on any atom is 0.242 e. The van der Waals surface area contributed by atoms with Crippen molar-refractivity contribution in [3.8, 4) is 0 Å². The highest BCUT2D eigenvalue weighted by Crippen LogP contribution is 2.18. The first-order valence-corrected chi connectivity index (χ1v) is 10.4. The lowest BCUT2D eigenvalue weighted by molar-refractivity contribution is -0.141. The van der Waals surface area contributed by atoms with E-state index in [1.165, 1.54) is 0 Å². The SMILES string of the molecule is Nc1nc(CN2CCN(C(=O)CN3CCCCCC3=O)CC2)nc2ccccc12. The molecule has 1 aromatic carbocycles. The highest BCUT2D eigenvalue weighted by atomic mass is 16.2. The number of hydrogen-bond donors (Lipinski definition) is 1. The Balaban J connectivity index is 1.31. The van der Waals surface area contributed by atoms with Crippen LogP contribution in [0, 0.1) is 0 Å². The summed E-state index contributed by atoms with van der Waals surface area (Å²) in [5.41, 5.74) is 6.93. The molecule has 0 saturated carbocycles. The summed E-state index contributed by atoms with van der Waals surface area (Å²) in [6.07, 6.45) is 3.55. The number of nitrogens with zero attached hydrogens (tertiary/aromatic N) is 5. The molecule has 1 aromatic heterocycles. The molecule has 0 atom stereocenters. The number of rotatable bonds is 4. The van der Waals surface area contributed by atoms with Gasteiger partial charge >= 0.3 is 0 Å². The van der Waals surface area contributed by atoms with Gasteiger partial charge in [0, 0.05) is 44.5 Å². The van der Waals surface area contributed by atoms with Gasteiger partial charge in [-0.2, -0.15) is 0 Å². The minimum Gasteiger partial charge on any atom is -0.383 e. The number of aromatic nitrogens is 2. The van der Waals surface area contributed by atoms with Crippen molar-refractivity contribution >= 4 is 28.5 Å². The lowest BCUT2D eigenvalue weighted by atomic mass is 10.2. The number of para-hydroxylation sites is 1. The van der Waals surface area contributed by atoms with E-state index in [4.69, 9.17) is 5.73 Å². The molecule has 0 bridgehead atoms. The Bertz CT molecular complexity index is 894. The molecule has 2 saturated heterocycles. The van der Waals surface area contributed by atoms with Gasteiger partial charge in [0.05, 0.1) is 18.6 Å². The van der Waals surface area contributed by atoms with Gasteiger partial charge in [0.2, 0.25) is 11.8 Å². The van der Waals surface area contributed by atoms with E-state index >= 15 is 0 Å². The third-order valence-corrected chi connectivity index (χ3v) is 5.77. The predicted molar refractivity (Wildman–Crippen MR) is 111 cm³/mol. The third-order valence-electron chi connectivity index (χ3n) is 5.77. The van der Waals surface area contributed by atoms with Crippen LogP contribution < -0.4 is 5.73 Å². The van der Waals surface area contributed by atoms with Gasteiger partial charge in [-0.25, -0.2) is 9.97 Å². The van der Waals surface area contributed by atoms with Crippen LogP contribution in [0.1, 0.15) is 31.5 Å². The molecule has 8 heteroatoms. The molecular weight excluding hydrogens is 368 g/mol. The molecule has 3 heterocycles. The molecule has 2 amide bonds. The van der Waals surface area contributed by atoms with Crippen LogP contribution in [-0.2, 0) is 16.1 Å². The average Bonchev–Trinajstić information content (AvgIpc) is 2.93. The quantitative estimate of drug-likeness (QED) is 0.836. The molecule has 0 aliphatic carbocycles. The van der Waals surface area contributed by atoms with Crippen molar-refractivity contribution in [2.24, 2.45) is 0 Å². The second-order valence-electron chi connectivity index (χ2n) is 7.83. The van der Waals surface area contributed by atoms with Gasteiger partial charge in [0.1, 0.15) is 11.6 Å². The molecule has 2 fully saturated rings. The number of benzene rings is 1. The zero-order valence-electron chi connectivity index (χ0n) is 16.7. The molecule has 0 radical (unpaired) electrons. The molecule has 4 rings (SSSR count). The first-order chi connectivity index (χ1) is 14.1. The molecule has 2 N–H and O–H groups in total. The van der Waals surface area contributed by atoms with E-state index in [1.54, 1.807) is 4.90 Å². The molecule has 0 spiro atoms. The number of carbonyl (C=O) groups is 2. The summed E-state index contributed by atoms with van der Waals surface area (Å²) in [6.45, 7) is 4.36. The summed E-state index contributed by atoms with van der Waals surface area (Å²) in [5.74, 6) is 1.37. The number of anilines is 1. The monoisotopic (exact) mass is 396 g/mol. The van der Waals surface area contributed by atoms with Crippen LogP contribution >= 0.6 is 0 Å². The van der Waals surface area contributed by atoms with Crippen molar-refractivity contribution in [2.45, 2.75) is 32.2 Å². The number of nitrogens with two attached hydrogens (primary N) is 1. The first-order valence-electron chi connectivity index (χ1n) is 10.4. The van der Waals surface area contributed by atoms with Gasteiger partial charge in [-0.3, -0.25) is 14.5 Å². The fraction of sp³-hybridized carbons (Fsp3) is 0.524. The number of piperazine rings is 1. The van der Waals surface area contributed by atoms with Crippen LogP contribution in [0.15, 0.2) is 24.3 Å². The number of fused-ring (bicyclic) bond motifs is 1. The largest absolute Gasteiger partial charge is 0.383 e. The predicted octanol–water partition coefficient (Wildman–Crippen LogP) is 1.26. The molecule has 2 aromatic rings. The number of likely N-dealkylation sites (tertiary alicyclic amines) is 1. The van der Waals surface area contributed by atoms with Gasteiger partial charge in [0.15, 0.2) is 0 Å². The minimum atomic E-state index is 0.0473. The zero-order valence-corrected chi connectivity index (χ0v) is 16.7. The Labute approximate surface area is 170 Å². The zero-order chi connectivity index (χ0) is 20.2. The summed E-state index contributed by atoms with van der Waals surface area (Å²) < 4.78 is 0. The molecule has 0 unspecified atom stereocenters. The second kappa shape index (κ2) is 8.73. The fourth-order valence-corrected chi connectivity index (χ4v) is 4.05. The number of hydrogen-bond acceptors (Lipinski definition) is 6. The lowest BCUT2D eigenvalue weighted by Gasteiger charge is -2.35. The smallest absolute Gasteiger partial charge is 0.242 e. The van der Waals surface area contributed by atoms with Crippen LogP contribution in [0.25, 0.3) is 10.9 Å². The summed E-state index contributed by atoms with van der Waals surface area (Å²) in [4.78, 5) is 39.7. The Morgan fingerprint density at radius 3 is 2.62 bits per heavy atom. The highest BCUT2D eigenvalue weighted by Gasteiger charge is 2.25. The van der Waals surface area contributed by atoms with Gasteiger partial charge in [-0.15, -0.1) is 0 Å². The van der Waals surface area contributed by atoms with E-state index in [-0.39, 0.29) is 18.4 Å². The Morgan fingerprint density at radius 2 is 1.79 bits per heavy atom. The van der Waals surface area contributed by atoms with Crippen molar-refractivity contribution in [1.29, 1.82) is 0 Å². The summed E-state index contributed by atoms with van der Waals surface area (Å²) >= 11 is 0. The van der Waals surface area contributed by atoms with Crippen LogP contribution in [0.4, 0.5) is 5.82 Å². The van der Waals surface area contributed by atoms with Gasteiger partial charge in [-0.1, -0.05) is 18.6 Å². The number of nitrogen functional groups attached to an aromatic ring is 1. The Kier molecular flexibility index (Phi) is 5.89. The average molecular weight is 396 g/mol. The van der Waals surface area contributed by atoms with E-state index in [2.05, 4.69) is 14.9 Å². The fourth-order valence-electron chi connectivity index (χ4n) is 4.05. The van der Waals surface area contributed by atoms with E-state index in [9.17, 15) is 9.59 Å². The van der Waals surface area contributed by atoms with Crippen molar-refractivity contribution in [1.82, 2.24) is 24.7 Å². The second-order valence-corrected chi connectivity index (χ2v) is 7.83. The normalized spacial score (nSPS) is 18.8. The molecule has 8 nitrogen and oxygen atoms in total. The first kappa shape index (κ1) is 19.6. The minimum absolute atomic E-state index is 0.0473. The van der Waals surface area contributed by atoms with Crippen molar-refractivity contribution in [3.63, 3.8) is 0 Å². The Hall–Kier alpha value is -2.74. The maximum absolute atomic E-state index is 12.7. The molecular formula is C21H28N6O2. The van der Waals surface area contributed by atoms with E-state index in [0.717, 1.165) is 43.3 Å². The summed E-state index contributed by atoms with van der Waals surface area (Å²) in [6, 6.07) is 7.74. The topological polar surface area (TPSA) is 95.7 Å². The van der Waals surface area contributed by atoms with Crippen molar-refractivity contribution < 1.29 is 9.59 Å². The third kappa shape index (κ3) is 4.64. The maximum atomic E-state index is 12.7. The summed E-state index contributed by atoms with van der Waals surface area (Å²) in [5, 5.41) is 0.870. The molecule has 154 valence electrons. The standard InChI is InChI=1S/C21H28N6O2/c22-21-16-6-3-4-7-17(16)23-18(24-21)14-25-10-12-26(13-11-25)20(29)15-27-9-5-1-2-8-19(27)28/h3-4,6-7H,1-2,5,8-15H2,(H2,22,23,24). The van der Waals surface area contributed by atoms with Crippen LogP contribution in [0.3, 0.4) is 0 Å². The van der Waals surface area contributed by atoms with E-state index in [0.29, 0.717) is 44.2 Å². The lowest BCUT2D eigenvalue weighted by Crippen LogP contribution is -2.51. The van der Waals surface area contributed by atoms with Crippen LogP contribution in [0.5, 0.6) is 0 Å². The number of amides is 2.